The molecule has 4 amide bonds. The van der Waals surface area contributed by atoms with Crippen LogP contribution in [0.1, 0.15) is 121 Å². The van der Waals surface area contributed by atoms with Crippen molar-refractivity contribution in [3.05, 3.63) is 115 Å². The van der Waals surface area contributed by atoms with E-state index in [9.17, 15) is 55.1 Å². The predicted molar refractivity (Wildman–Crippen MR) is 242 cm³/mol. The largest absolute Gasteiger partial charge is 0.337 e. The van der Waals surface area contributed by atoms with Crippen molar-refractivity contribution in [2.75, 3.05) is 10.6 Å². The number of Topliss-reactive ketones (excluding diaryl/α,β-unsaturated/α-hetero) is 2. The van der Waals surface area contributed by atoms with Crippen molar-refractivity contribution in [3.63, 3.8) is 0 Å². The van der Waals surface area contributed by atoms with Crippen molar-refractivity contribution in [3.8, 4) is 12.3 Å². The van der Waals surface area contributed by atoms with Crippen LogP contribution in [-0.2, 0) is 28.0 Å². The number of alkyl halides is 4. The van der Waals surface area contributed by atoms with E-state index in [0.29, 0.717) is 35.4 Å². The van der Waals surface area contributed by atoms with Crippen molar-refractivity contribution in [2.24, 2.45) is 11.8 Å². The maximum atomic E-state index is 13.8. The van der Waals surface area contributed by atoms with Crippen LogP contribution in [0.2, 0.25) is 10.0 Å². The third-order valence-electron chi connectivity index (χ3n) is 14.2. The van der Waals surface area contributed by atoms with Gasteiger partial charge in [0.25, 0.3) is 47.0 Å². The highest BCUT2D eigenvalue weighted by Crippen LogP contribution is 2.56. The zero-order chi connectivity index (χ0) is 50.9. The van der Waals surface area contributed by atoms with Crippen molar-refractivity contribution >= 4 is 69.8 Å². The number of halogens is 8. The molecule has 5 N–H and O–H groups in total. The highest BCUT2D eigenvalue weighted by Gasteiger charge is 2.61. The van der Waals surface area contributed by atoms with Gasteiger partial charge in [-0.05, 0) is 98.9 Å². The molecule has 71 heavy (non-hydrogen) atoms. The number of nitrogens with zero attached hydrogens (tertiary/aromatic N) is 4. The van der Waals surface area contributed by atoms with Gasteiger partial charge in [-0.3, -0.25) is 28.8 Å². The van der Waals surface area contributed by atoms with Gasteiger partial charge in [0.2, 0.25) is 0 Å². The Morgan fingerprint density at radius 3 is 1.56 bits per heavy atom. The Hall–Kier alpha value is -6.92. The van der Waals surface area contributed by atoms with Gasteiger partial charge in [0.1, 0.15) is 34.3 Å². The van der Waals surface area contributed by atoms with Gasteiger partial charge in [0.15, 0.2) is 0 Å². The summed E-state index contributed by atoms with van der Waals surface area (Å²) in [5.41, 5.74) is -0.0904. The molecule has 4 fully saturated rings. The predicted octanol–water partition coefficient (Wildman–Crippen LogP) is 7.76. The van der Waals surface area contributed by atoms with Gasteiger partial charge in [0, 0.05) is 60.5 Å². The molecular formula is C48H39Cl2F6N9O6. The fraction of sp³-hybridized carbons (Fsp3) is 0.375. The highest BCUT2D eigenvalue weighted by atomic mass is 35.5. The third kappa shape index (κ3) is 8.23. The lowest BCUT2D eigenvalue weighted by Crippen LogP contribution is -2.62. The first-order valence-corrected chi connectivity index (χ1v) is 23.0. The first-order chi connectivity index (χ1) is 33.4. The molecule has 2 aliphatic heterocycles. The first kappa shape index (κ1) is 47.7. The number of terminal acetylenes is 1. The fourth-order valence-corrected chi connectivity index (χ4v) is 11.2. The van der Waals surface area contributed by atoms with Crippen LogP contribution in [0.25, 0.3) is 0 Å². The number of ketones is 2. The van der Waals surface area contributed by atoms with E-state index in [1.807, 2.05) is 0 Å². The molecule has 2 aromatic carbocycles. The smallest absolute Gasteiger partial charge is 0.293 e. The molecule has 0 saturated heterocycles. The fourth-order valence-electron chi connectivity index (χ4n) is 10.8. The number of anilines is 2. The number of hydrogen-bond donors (Lipinski definition) is 5. The molecule has 5 aromatic rings. The number of H-pyrrole nitrogens is 1. The lowest BCUT2D eigenvalue weighted by atomic mass is 9.71. The zero-order valence-electron chi connectivity index (χ0n) is 37.3. The molecule has 11 rings (SSSR count). The number of amides is 4. The maximum absolute atomic E-state index is 13.8. The average molecular weight is 1020 g/mol. The van der Waals surface area contributed by atoms with Crippen LogP contribution in [0.15, 0.2) is 42.6 Å². The van der Waals surface area contributed by atoms with Crippen LogP contribution in [0, 0.1) is 49.7 Å². The van der Waals surface area contributed by atoms with Gasteiger partial charge in [-0.1, -0.05) is 29.1 Å². The van der Waals surface area contributed by atoms with E-state index < -0.39 is 95.4 Å². The lowest BCUT2D eigenvalue weighted by Gasteiger charge is -2.46. The summed E-state index contributed by atoms with van der Waals surface area (Å²) < 4.78 is 85.0. The molecule has 0 bridgehead atoms. The molecule has 4 saturated carbocycles. The molecule has 3 aromatic heterocycles. The number of carbonyl (C=O) groups excluding carboxylic acids is 6. The van der Waals surface area contributed by atoms with Crippen molar-refractivity contribution in [1.29, 1.82) is 0 Å². The van der Waals surface area contributed by atoms with Gasteiger partial charge in [-0.25, -0.2) is 26.3 Å². The monoisotopic (exact) mass is 1020 g/mol. The van der Waals surface area contributed by atoms with Crippen molar-refractivity contribution in [1.82, 2.24) is 35.2 Å². The lowest BCUT2D eigenvalue weighted by molar-refractivity contribution is -0.148. The van der Waals surface area contributed by atoms with E-state index in [1.54, 1.807) is 23.0 Å². The van der Waals surface area contributed by atoms with Crippen molar-refractivity contribution in [2.45, 2.75) is 100 Å². The Balaban J connectivity index is 0.000000165. The second kappa shape index (κ2) is 16.6. The molecule has 23 heteroatoms. The van der Waals surface area contributed by atoms with E-state index in [-0.39, 0.29) is 73.5 Å². The number of rotatable bonds is 11. The summed E-state index contributed by atoms with van der Waals surface area (Å²) in [5.74, 6) is -9.63. The number of carbonyl (C=O) groups is 6. The Morgan fingerprint density at radius 2 is 1.17 bits per heavy atom. The number of aromatic amines is 1. The number of aromatic nitrogens is 5. The van der Waals surface area contributed by atoms with Gasteiger partial charge in [-0.15, -0.1) is 6.42 Å². The molecule has 5 heterocycles. The van der Waals surface area contributed by atoms with Crippen LogP contribution < -0.4 is 21.3 Å². The Morgan fingerprint density at radius 1 is 0.718 bits per heavy atom. The van der Waals surface area contributed by atoms with Crippen LogP contribution >= 0.6 is 23.2 Å². The SMILES string of the molecule is C#CC1(NC(=O)C(=O)c2c(C)c(C(=O)Nc3ccc(F)c(Cl)c3)n3c2C[C@H]2C[C@H]23)CC(F)(F)C1.Cc1c(C(=O)C(=O)NC2(c3cn[nH]n3)CC(F)(F)C2)c2n(c1C(=O)Nc1ccc(F)c(Cl)c1)[C@@H]1C[C@@H]1C2. The number of hydrogen-bond acceptors (Lipinski definition) is 8. The number of benzene rings is 2. The summed E-state index contributed by atoms with van der Waals surface area (Å²) in [6.45, 7) is 3.13. The normalized spacial score (nSPS) is 22.3. The standard InChI is InChI=1S/C24H20ClF3N6O3.C24H19ClF3N3O3/c1-10-18(20(35)22(37)31-23(8-24(27,28)9-23)17-7-29-33-32-17)16-5-11-4-15(11)34(16)19(10)21(36)30-12-2-3-14(26)13(25)6-12;1-3-23(9-24(27,28)10-23)30-22(34)20(32)18-11(2)19(31-16-6-12(16)7-17(18)31)21(33)29-13-4-5-15(26)14(25)8-13/h2-3,6-7,11,15H,4-5,8-9H2,1H3,(H,30,36)(H,31,37)(H,29,32,33);1,4-5,8,12,16H,6-7,9-10H2,2H3,(H,29,33)(H,30,34)/t11-,15-;12-,16-/m11/s1. The van der Waals surface area contributed by atoms with Gasteiger partial charge < -0.3 is 30.4 Å². The summed E-state index contributed by atoms with van der Waals surface area (Å²) in [4.78, 5) is 78.9. The second-order valence-corrected chi connectivity index (χ2v) is 20.0. The molecule has 0 spiro atoms. The van der Waals surface area contributed by atoms with Gasteiger partial charge >= 0.3 is 0 Å². The molecule has 4 atom stereocenters. The molecule has 0 unspecified atom stereocenters. The minimum atomic E-state index is -3.02. The quantitative estimate of drug-likeness (QED) is 0.0382. The molecular weight excluding hydrogens is 983 g/mol. The van der Waals surface area contributed by atoms with Gasteiger partial charge in [-0.2, -0.15) is 15.4 Å². The van der Waals surface area contributed by atoms with Crippen LogP contribution in [0.3, 0.4) is 0 Å². The molecule has 6 aliphatic rings. The second-order valence-electron chi connectivity index (χ2n) is 19.2. The first-order valence-electron chi connectivity index (χ1n) is 22.3. The van der Waals surface area contributed by atoms with Crippen LogP contribution in [0.4, 0.5) is 37.7 Å². The molecule has 368 valence electrons. The minimum Gasteiger partial charge on any atom is -0.337 e. The average Bonchev–Trinajstić information content (AvgIpc) is 3.86. The topological polar surface area (TPSA) is 202 Å². The van der Waals surface area contributed by atoms with Gasteiger partial charge in [0.05, 0.1) is 32.9 Å². The zero-order valence-corrected chi connectivity index (χ0v) is 38.9. The minimum absolute atomic E-state index is 0.0302. The summed E-state index contributed by atoms with van der Waals surface area (Å²) in [6.07, 6.45) is 6.42. The summed E-state index contributed by atoms with van der Waals surface area (Å²) in [5, 5.41) is 19.6. The molecule has 4 aliphatic carbocycles. The van der Waals surface area contributed by atoms with Crippen molar-refractivity contribution < 1.29 is 55.1 Å². The summed E-state index contributed by atoms with van der Waals surface area (Å²) >= 11 is 11.6. The molecule has 0 radical (unpaired) electrons. The van der Waals surface area contributed by atoms with E-state index in [1.165, 1.54) is 30.5 Å². The van der Waals surface area contributed by atoms with E-state index >= 15 is 0 Å². The van der Waals surface area contributed by atoms with E-state index in [2.05, 4.69) is 42.6 Å². The van der Waals surface area contributed by atoms with E-state index in [0.717, 1.165) is 25.0 Å². The Kier molecular flexibility index (Phi) is 11.2. The van der Waals surface area contributed by atoms with Crippen LogP contribution in [0.5, 0.6) is 0 Å². The van der Waals surface area contributed by atoms with Crippen LogP contribution in [-0.4, -0.2) is 77.1 Å². The number of nitrogens with one attached hydrogen (secondary N) is 5. The summed E-state index contributed by atoms with van der Waals surface area (Å²) in [7, 11) is 0. The maximum Gasteiger partial charge on any atom is 0.293 e. The Bertz CT molecular complexity index is 3220. The Labute approximate surface area is 408 Å². The third-order valence-corrected chi connectivity index (χ3v) is 14.8. The summed E-state index contributed by atoms with van der Waals surface area (Å²) in [6, 6.07) is 7.57. The highest BCUT2D eigenvalue weighted by molar-refractivity contribution is 6.44. The van der Waals surface area contributed by atoms with E-state index in [4.69, 9.17) is 29.6 Å². The number of fused-ring (bicyclic) bond motifs is 6. The molecule has 15 nitrogen and oxygen atoms in total.